The average molecular weight is 309 g/mol. The summed E-state index contributed by atoms with van der Waals surface area (Å²) in [5.74, 6) is 0. The zero-order chi connectivity index (χ0) is 15.5. The molecular formula is C19H17ClN2. The van der Waals surface area contributed by atoms with Gasteiger partial charge < -0.3 is 4.90 Å². The highest BCUT2D eigenvalue weighted by Gasteiger charge is 1.98. The number of anilines is 1. The van der Waals surface area contributed by atoms with Crippen molar-refractivity contribution in [1.82, 2.24) is 4.98 Å². The molecule has 0 radical (unpaired) electrons. The van der Waals surface area contributed by atoms with Gasteiger partial charge in [0, 0.05) is 30.2 Å². The lowest BCUT2D eigenvalue weighted by Crippen LogP contribution is -2.07. The molecule has 2 aromatic carbocycles. The summed E-state index contributed by atoms with van der Waals surface area (Å²) in [6, 6.07) is 18.2. The predicted octanol–water partition coefficient (Wildman–Crippen LogP) is 5.12. The Labute approximate surface area is 135 Å². The largest absolute Gasteiger partial charge is 0.378 e. The van der Waals surface area contributed by atoms with Gasteiger partial charge in [-0.15, -0.1) is 0 Å². The van der Waals surface area contributed by atoms with E-state index in [1.54, 1.807) is 0 Å². The average Bonchev–Trinajstić information content (AvgIpc) is 2.53. The van der Waals surface area contributed by atoms with E-state index in [2.05, 4.69) is 40.2 Å². The molecule has 22 heavy (non-hydrogen) atoms. The maximum Gasteiger partial charge on any atom is 0.0710 e. The molecule has 3 heteroatoms. The molecular weight excluding hydrogens is 292 g/mol. The van der Waals surface area contributed by atoms with E-state index in [9.17, 15) is 0 Å². The summed E-state index contributed by atoms with van der Waals surface area (Å²) in [4.78, 5) is 6.71. The molecule has 0 saturated heterocycles. The molecule has 0 saturated carbocycles. The molecule has 110 valence electrons. The van der Waals surface area contributed by atoms with E-state index in [0.717, 1.165) is 27.2 Å². The Balaban J connectivity index is 1.84. The number of nitrogens with zero attached hydrogens (tertiary/aromatic N) is 2. The van der Waals surface area contributed by atoms with Gasteiger partial charge in [-0.1, -0.05) is 35.9 Å². The third-order valence-corrected chi connectivity index (χ3v) is 3.76. The third-order valence-electron chi connectivity index (χ3n) is 3.53. The Morgan fingerprint density at radius 2 is 1.68 bits per heavy atom. The van der Waals surface area contributed by atoms with Crippen molar-refractivity contribution in [1.29, 1.82) is 0 Å². The number of rotatable bonds is 3. The summed E-state index contributed by atoms with van der Waals surface area (Å²) >= 11 is 5.99. The molecule has 1 heterocycles. The van der Waals surface area contributed by atoms with Crippen LogP contribution in [0.5, 0.6) is 0 Å². The normalized spacial score (nSPS) is 11.2. The first-order valence-corrected chi connectivity index (χ1v) is 7.51. The molecule has 0 N–H and O–H groups in total. The summed E-state index contributed by atoms with van der Waals surface area (Å²) in [5.41, 5.74) is 4.24. The maximum absolute atomic E-state index is 5.99. The zero-order valence-electron chi connectivity index (χ0n) is 12.6. The standard InChI is InChI=1S/C19H17ClN2/c1-22(2)18-10-4-14(5-11-18)3-8-17-9-6-15-13-16(20)7-12-19(15)21-17/h3-13H,1-2H3/b8-3+. The van der Waals surface area contributed by atoms with Crippen LogP contribution in [0.4, 0.5) is 5.69 Å². The number of hydrogen-bond acceptors (Lipinski definition) is 2. The first-order valence-electron chi connectivity index (χ1n) is 7.13. The monoisotopic (exact) mass is 308 g/mol. The van der Waals surface area contributed by atoms with Crippen molar-refractivity contribution in [3.63, 3.8) is 0 Å². The molecule has 0 aliphatic heterocycles. The molecule has 0 atom stereocenters. The summed E-state index contributed by atoms with van der Waals surface area (Å²) in [7, 11) is 4.08. The van der Waals surface area contributed by atoms with E-state index >= 15 is 0 Å². The van der Waals surface area contributed by atoms with Crippen molar-refractivity contribution in [3.05, 3.63) is 70.9 Å². The van der Waals surface area contributed by atoms with Crippen LogP contribution in [0.25, 0.3) is 23.1 Å². The first kappa shape index (κ1) is 14.6. The molecule has 0 spiro atoms. The zero-order valence-corrected chi connectivity index (χ0v) is 13.4. The van der Waals surface area contributed by atoms with Crippen molar-refractivity contribution in [3.8, 4) is 0 Å². The first-order chi connectivity index (χ1) is 10.6. The molecule has 0 aliphatic rings. The summed E-state index contributed by atoms with van der Waals surface area (Å²) in [6.45, 7) is 0. The van der Waals surface area contributed by atoms with Crippen molar-refractivity contribution >= 4 is 40.3 Å². The number of fused-ring (bicyclic) bond motifs is 1. The quantitative estimate of drug-likeness (QED) is 0.667. The van der Waals surface area contributed by atoms with Crippen LogP contribution in [0.1, 0.15) is 11.3 Å². The molecule has 0 fully saturated rings. The Morgan fingerprint density at radius 3 is 2.41 bits per heavy atom. The van der Waals surface area contributed by atoms with Crippen LogP contribution in [0.15, 0.2) is 54.6 Å². The van der Waals surface area contributed by atoms with E-state index in [1.807, 2.05) is 50.5 Å². The Hall–Kier alpha value is -2.32. The van der Waals surface area contributed by atoms with Gasteiger partial charge in [0.2, 0.25) is 0 Å². The van der Waals surface area contributed by atoms with Crippen LogP contribution >= 0.6 is 11.6 Å². The van der Waals surface area contributed by atoms with Gasteiger partial charge in [-0.3, -0.25) is 0 Å². The molecule has 0 amide bonds. The second-order valence-electron chi connectivity index (χ2n) is 5.39. The number of hydrogen-bond donors (Lipinski definition) is 0. The summed E-state index contributed by atoms with van der Waals surface area (Å²) < 4.78 is 0. The Kier molecular flexibility index (Phi) is 4.12. The highest BCUT2D eigenvalue weighted by atomic mass is 35.5. The number of pyridine rings is 1. The van der Waals surface area contributed by atoms with E-state index in [0.29, 0.717) is 0 Å². The Bertz CT molecular complexity index is 820. The second kappa shape index (κ2) is 6.20. The van der Waals surface area contributed by atoms with Gasteiger partial charge in [0.05, 0.1) is 11.2 Å². The number of halogens is 1. The fraction of sp³-hybridized carbons (Fsp3) is 0.105. The maximum atomic E-state index is 5.99. The van der Waals surface area contributed by atoms with Gasteiger partial charge in [0.15, 0.2) is 0 Å². The van der Waals surface area contributed by atoms with Gasteiger partial charge in [-0.05, 0) is 48.0 Å². The molecule has 0 bridgehead atoms. The van der Waals surface area contributed by atoms with Crippen molar-refractivity contribution in [2.45, 2.75) is 0 Å². The van der Waals surface area contributed by atoms with Crippen LogP contribution in [0.3, 0.4) is 0 Å². The highest BCUT2D eigenvalue weighted by Crippen LogP contribution is 2.19. The van der Waals surface area contributed by atoms with E-state index < -0.39 is 0 Å². The predicted molar refractivity (Wildman–Crippen MR) is 96.5 cm³/mol. The van der Waals surface area contributed by atoms with Crippen LogP contribution in [0.2, 0.25) is 5.02 Å². The topological polar surface area (TPSA) is 16.1 Å². The SMILES string of the molecule is CN(C)c1ccc(/C=C/c2ccc3cc(Cl)ccc3n2)cc1. The van der Waals surface area contributed by atoms with Crippen molar-refractivity contribution in [2.75, 3.05) is 19.0 Å². The molecule has 3 rings (SSSR count). The molecule has 2 nitrogen and oxygen atoms in total. The molecule has 0 unspecified atom stereocenters. The fourth-order valence-electron chi connectivity index (χ4n) is 2.27. The minimum atomic E-state index is 0.735. The van der Waals surface area contributed by atoms with Crippen LogP contribution in [-0.2, 0) is 0 Å². The smallest absolute Gasteiger partial charge is 0.0710 e. The van der Waals surface area contributed by atoms with Gasteiger partial charge in [0.1, 0.15) is 0 Å². The van der Waals surface area contributed by atoms with E-state index in [-0.39, 0.29) is 0 Å². The minimum absolute atomic E-state index is 0.735. The lowest BCUT2D eigenvalue weighted by Gasteiger charge is -2.11. The van der Waals surface area contributed by atoms with Crippen molar-refractivity contribution < 1.29 is 0 Å². The lowest BCUT2D eigenvalue weighted by atomic mass is 10.1. The van der Waals surface area contributed by atoms with Gasteiger partial charge in [0.25, 0.3) is 0 Å². The molecule has 0 aliphatic carbocycles. The fourth-order valence-corrected chi connectivity index (χ4v) is 2.45. The highest BCUT2D eigenvalue weighted by molar-refractivity contribution is 6.31. The van der Waals surface area contributed by atoms with Gasteiger partial charge >= 0.3 is 0 Å². The number of aromatic nitrogens is 1. The van der Waals surface area contributed by atoms with E-state index in [4.69, 9.17) is 11.6 Å². The summed E-state index contributed by atoms with van der Waals surface area (Å²) in [6.07, 6.45) is 4.10. The van der Waals surface area contributed by atoms with E-state index in [1.165, 1.54) is 5.69 Å². The lowest BCUT2D eigenvalue weighted by molar-refractivity contribution is 1.13. The molecule has 1 aromatic heterocycles. The number of benzene rings is 2. The molecule has 3 aromatic rings. The minimum Gasteiger partial charge on any atom is -0.378 e. The van der Waals surface area contributed by atoms with Crippen LogP contribution < -0.4 is 4.90 Å². The third kappa shape index (κ3) is 3.29. The second-order valence-corrected chi connectivity index (χ2v) is 5.83. The van der Waals surface area contributed by atoms with Crippen LogP contribution in [-0.4, -0.2) is 19.1 Å². The summed E-state index contributed by atoms with van der Waals surface area (Å²) in [5, 5.41) is 1.79. The van der Waals surface area contributed by atoms with Crippen LogP contribution in [0, 0.1) is 0 Å². The van der Waals surface area contributed by atoms with Gasteiger partial charge in [-0.25, -0.2) is 4.98 Å². The Morgan fingerprint density at radius 1 is 0.909 bits per heavy atom. The van der Waals surface area contributed by atoms with Gasteiger partial charge in [-0.2, -0.15) is 0 Å². The van der Waals surface area contributed by atoms with Crippen molar-refractivity contribution in [2.24, 2.45) is 0 Å².